The highest BCUT2D eigenvalue weighted by Crippen LogP contribution is 2.29. The van der Waals surface area contributed by atoms with Crippen molar-refractivity contribution in [1.82, 2.24) is 0 Å². The summed E-state index contributed by atoms with van der Waals surface area (Å²) in [4.78, 5) is 1.18. The molecule has 2 rings (SSSR count). The van der Waals surface area contributed by atoms with Gasteiger partial charge in [-0.1, -0.05) is 29.5 Å². The molecule has 3 N–H and O–H groups in total. The fourth-order valence-electron chi connectivity index (χ4n) is 1.53. The Morgan fingerprint density at radius 2 is 1.59 bits per heavy atom. The van der Waals surface area contributed by atoms with E-state index in [1.165, 1.54) is 22.6 Å². The normalized spacial score (nSPS) is 12.4. The zero-order valence-corrected chi connectivity index (χ0v) is 10.5. The van der Waals surface area contributed by atoms with E-state index < -0.39 is 0 Å². The van der Waals surface area contributed by atoms with Crippen molar-refractivity contribution in [3.63, 3.8) is 0 Å². The lowest BCUT2D eigenvalue weighted by Crippen LogP contribution is -2.51. The first-order valence-corrected chi connectivity index (χ1v) is 6.35. The van der Waals surface area contributed by atoms with Gasteiger partial charge in [-0.2, -0.15) is 0 Å². The predicted molar refractivity (Wildman–Crippen MR) is 69.1 cm³/mol. The zero-order valence-electron chi connectivity index (χ0n) is 9.69. The summed E-state index contributed by atoms with van der Waals surface area (Å²) in [5.41, 5.74) is 6.38. The molecule has 0 saturated carbocycles. The molecule has 0 aliphatic heterocycles. The van der Waals surface area contributed by atoms with Crippen LogP contribution in [-0.4, -0.2) is 0 Å². The van der Waals surface area contributed by atoms with Crippen molar-refractivity contribution < 1.29 is 10.1 Å². The third kappa shape index (κ3) is 3.32. The maximum Gasteiger partial charge on any atom is 0.161 e. The van der Waals surface area contributed by atoms with Gasteiger partial charge in [-0.15, -0.1) is 0 Å². The summed E-state index contributed by atoms with van der Waals surface area (Å²) in [7, 11) is 0. The quantitative estimate of drug-likeness (QED) is 0.655. The minimum atomic E-state index is -0.207. The van der Waals surface area contributed by atoms with E-state index >= 15 is 0 Å². The van der Waals surface area contributed by atoms with E-state index in [4.69, 9.17) is 0 Å². The van der Waals surface area contributed by atoms with E-state index in [2.05, 4.69) is 36.9 Å². The average molecular weight is 248 g/mol. The van der Waals surface area contributed by atoms with Gasteiger partial charge >= 0.3 is 0 Å². The molecule has 2 aromatic carbocycles. The maximum absolute atomic E-state index is 12.8. The van der Waals surface area contributed by atoms with Gasteiger partial charge in [-0.25, -0.2) is 4.39 Å². The van der Waals surface area contributed by atoms with Gasteiger partial charge in [0.2, 0.25) is 0 Å². The highest BCUT2D eigenvalue weighted by molar-refractivity contribution is 7.99. The van der Waals surface area contributed by atoms with Crippen LogP contribution in [0.3, 0.4) is 0 Å². The van der Waals surface area contributed by atoms with Crippen molar-refractivity contribution in [2.75, 3.05) is 0 Å². The number of rotatable bonds is 3. The molecule has 0 saturated heterocycles. The van der Waals surface area contributed by atoms with Crippen molar-refractivity contribution in [1.29, 1.82) is 0 Å². The Morgan fingerprint density at radius 1 is 1.00 bits per heavy atom. The molecule has 0 radical (unpaired) electrons. The van der Waals surface area contributed by atoms with Gasteiger partial charge in [0.15, 0.2) is 5.37 Å². The number of hydrogen-bond acceptors (Lipinski definition) is 1. The lowest BCUT2D eigenvalue weighted by atomic mass is 10.2. The third-order valence-corrected chi connectivity index (χ3v) is 3.64. The smallest absolute Gasteiger partial charge is 0.161 e. The average Bonchev–Trinajstić information content (AvgIpc) is 2.33. The van der Waals surface area contributed by atoms with Crippen LogP contribution in [0.25, 0.3) is 0 Å². The number of thioether (sulfide) groups is 1. The molecular formula is C14H15FNS+. The fraction of sp³-hybridized carbons (Fsp3) is 0.143. The minimum Gasteiger partial charge on any atom is -0.342 e. The van der Waals surface area contributed by atoms with Gasteiger partial charge in [-0.05, 0) is 43.3 Å². The van der Waals surface area contributed by atoms with Gasteiger partial charge in [0.05, 0.1) is 0 Å². The number of hydrogen-bond donors (Lipinski definition) is 1. The van der Waals surface area contributed by atoms with Crippen LogP contribution >= 0.6 is 11.8 Å². The third-order valence-electron chi connectivity index (χ3n) is 2.54. The summed E-state index contributed by atoms with van der Waals surface area (Å²) >= 11 is 1.68. The van der Waals surface area contributed by atoms with E-state index in [0.29, 0.717) is 0 Å². The van der Waals surface area contributed by atoms with Crippen LogP contribution in [0.4, 0.5) is 4.39 Å². The molecule has 0 aliphatic rings. The molecule has 0 spiro atoms. The largest absolute Gasteiger partial charge is 0.342 e. The Balaban J connectivity index is 2.08. The van der Waals surface area contributed by atoms with Crippen molar-refractivity contribution in [2.24, 2.45) is 0 Å². The first kappa shape index (κ1) is 12.1. The summed E-state index contributed by atoms with van der Waals surface area (Å²) in [6.07, 6.45) is 0. The van der Waals surface area contributed by atoms with Gasteiger partial charge < -0.3 is 5.73 Å². The first-order chi connectivity index (χ1) is 8.15. The van der Waals surface area contributed by atoms with E-state index in [9.17, 15) is 4.39 Å². The molecule has 1 atom stereocenters. The molecule has 2 aromatic rings. The van der Waals surface area contributed by atoms with E-state index in [0.717, 1.165) is 5.56 Å². The highest BCUT2D eigenvalue weighted by Gasteiger charge is 2.11. The monoisotopic (exact) mass is 248 g/mol. The Bertz CT molecular complexity index is 479. The number of quaternary nitrogens is 1. The van der Waals surface area contributed by atoms with Gasteiger partial charge in [0.25, 0.3) is 0 Å². The van der Waals surface area contributed by atoms with Crippen LogP contribution in [0.15, 0.2) is 53.4 Å². The molecule has 0 bridgehead atoms. The molecule has 0 aromatic heterocycles. The Hall–Kier alpha value is -1.32. The summed E-state index contributed by atoms with van der Waals surface area (Å²) in [6, 6.07) is 14.9. The Kier molecular flexibility index (Phi) is 3.82. The number of aryl methyl sites for hydroxylation is 1. The number of halogens is 1. The lowest BCUT2D eigenvalue weighted by molar-refractivity contribution is -0.391. The molecule has 0 fully saturated rings. The Labute approximate surface area is 105 Å². The first-order valence-electron chi connectivity index (χ1n) is 5.47. The second kappa shape index (κ2) is 5.34. The maximum atomic E-state index is 12.8. The highest BCUT2D eigenvalue weighted by atomic mass is 32.2. The summed E-state index contributed by atoms with van der Waals surface area (Å²) in [5.74, 6) is -0.207. The molecule has 1 unspecified atom stereocenters. The van der Waals surface area contributed by atoms with Crippen molar-refractivity contribution in [3.8, 4) is 0 Å². The molecular weight excluding hydrogens is 233 g/mol. The fourth-order valence-corrected chi connectivity index (χ4v) is 2.44. The van der Waals surface area contributed by atoms with E-state index in [1.54, 1.807) is 23.9 Å². The molecule has 88 valence electrons. The second-order valence-electron chi connectivity index (χ2n) is 3.97. The zero-order chi connectivity index (χ0) is 12.3. The van der Waals surface area contributed by atoms with Crippen molar-refractivity contribution in [3.05, 3.63) is 65.5 Å². The van der Waals surface area contributed by atoms with Crippen LogP contribution in [0, 0.1) is 12.7 Å². The standard InChI is InChI=1S/C14H14FNS/c1-10-2-8-13(9-3-10)17-14(16)11-4-6-12(15)7-5-11/h2-9,14H,16H2,1H3/p+1. The predicted octanol–water partition coefficient (Wildman–Crippen LogP) is 3.17. The molecule has 0 aliphatic carbocycles. The molecule has 0 heterocycles. The van der Waals surface area contributed by atoms with Crippen LogP contribution in [0.2, 0.25) is 0 Å². The summed E-state index contributed by atoms with van der Waals surface area (Å²) in [6.45, 7) is 2.07. The van der Waals surface area contributed by atoms with Crippen molar-refractivity contribution in [2.45, 2.75) is 17.2 Å². The lowest BCUT2D eigenvalue weighted by Gasteiger charge is -2.08. The van der Waals surface area contributed by atoms with Gasteiger partial charge in [0.1, 0.15) is 5.82 Å². The second-order valence-corrected chi connectivity index (χ2v) is 5.25. The summed E-state index contributed by atoms with van der Waals surface area (Å²) < 4.78 is 12.8. The molecule has 1 nitrogen and oxygen atoms in total. The number of benzene rings is 2. The Morgan fingerprint density at radius 3 is 2.18 bits per heavy atom. The van der Waals surface area contributed by atoms with Gasteiger partial charge in [0, 0.05) is 10.5 Å². The SMILES string of the molecule is Cc1ccc(SC([NH3+])c2ccc(F)cc2)cc1. The van der Waals surface area contributed by atoms with Crippen LogP contribution in [0.1, 0.15) is 16.5 Å². The van der Waals surface area contributed by atoms with Crippen LogP contribution in [0.5, 0.6) is 0 Å². The topological polar surface area (TPSA) is 27.6 Å². The summed E-state index contributed by atoms with van der Waals surface area (Å²) in [5, 5.41) is 0.0818. The van der Waals surface area contributed by atoms with E-state index in [-0.39, 0.29) is 11.2 Å². The molecule has 17 heavy (non-hydrogen) atoms. The van der Waals surface area contributed by atoms with Crippen LogP contribution in [-0.2, 0) is 0 Å². The molecule has 0 amide bonds. The van der Waals surface area contributed by atoms with Gasteiger partial charge in [-0.3, -0.25) is 0 Å². The van der Waals surface area contributed by atoms with Crippen molar-refractivity contribution >= 4 is 11.8 Å². The van der Waals surface area contributed by atoms with Crippen LogP contribution < -0.4 is 5.73 Å². The molecule has 3 heteroatoms. The van der Waals surface area contributed by atoms with E-state index in [1.807, 2.05) is 0 Å². The minimum absolute atomic E-state index is 0.0818.